The highest BCUT2D eigenvalue weighted by molar-refractivity contribution is 14.0. The molecule has 0 spiro atoms. The fraction of sp³-hybridized carbons (Fsp3) is 0.696. The van der Waals surface area contributed by atoms with Gasteiger partial charge in [-0.1, -0.05) is 37.6 Å². The Hall–Kier alpha value is -0.860. The van der Waals surface area contributed by atoms with Crippen LogP contribution >= 0.6 is 24.0 Å². The van der Waals surface area contributed by atoms with E-state index >= 15 is 0 Å². The standard InChI is InChI=1S/C23H39N5.HI/c1-3-12-27-15-11-22(19-27)17-26-23(24-2)25-16-20-7-9-21(10-8-20)18-28-13-5-4-6-14-28;/h7-10,22H,3-6,11-19H2,1-2H3,(H2,24,25,26);1H. The van der Waals surface area contributed by atoms with E-state index in [-0.39, 0.29) is 24.0 Å². The monoisotopic (exact) mass is 513 g/mol. The van der Waals surface area contributed by atoms with Crippen molar-refractivity contribution in [1.82, 2.24) is 20.4 Å². The third-order valence-corrected chi connectivity index (χ3v) is 6.03. The molecule has 0 saturated carbocycles. The SMILES string of the molecule is CCCN1CCC(CNC(=NC)NCc2ccc(CN3CCCCC3)cc2)C1.I. The van der Waals surface area contributed by atoms with Crippen molar-refractivity contribution in [2.45, 2.75) is 52.1 Å². The average molecular weight is 514 g/mol. The highest BCUT2D eigenvalue weighted by atomic mass is 127. The molecule has 1 unspecified atom stereocenters. The Kier molecular flexibility index (Phi) is 11.3. The smallest absolute Gasteiger partial charge is 0.191 e. The van der Waals surface area contributed by atoms with Crippen molar-refractivity contribution in [2.75, 3.05) is 46.3 Å². The zero-order valence-corrected chi connectivity index (χ0v) is 20.7. The Balaban J connectivity index is 0.00000300. The van der Waals surface area contributed by atoms with E-state index in [1.54, 1.807) is 0 Å². The van der Waals surface area contributed by atoms with E-state index in [4.69, 9.17) is 0 Å². The zero-order valence-electron chi connectivity index (χ0n) is 18.3. The molecule has 1 aromatic carbocycles. The van der Waals surface area contributed by atoms with Crippen molar-refractivity contribution < 1.29 is 0 Å². The number of halogens is 1. The predicted molar refractivity (Wildman–Crippen MR) is 134 cm³/mol. The number of benzene rings is 1. The minimum Gasteiger partial charge on any atom is -0.356 e. The van der Waals surface area contributed by atoms with Crippen LogP contribution in [-0.4, -0.2) is 62.1 Å². The maximum Gasteiger partial charge on any atom is 0.191 e. The normalized spacial score (nSPS) is 21.0. The molecule has 29 heavy (non-hydrogen) atoms. The number of aliphatic imine (C=N–C) groups is 1. The first kappa shape index (κ1) is 24.4. The molecule has 3 rings (SSSR count). The number of piperidine rings is 1. The fourth-order valence-corrected chi connectivity index (χ4v) is 4.38. The molecule has 6 heteroatoms. The molecular weight excluding hydrogens is 473 g/mol. The van der Waals surface area contributed by atoms with Gasteiger partial charge in [0.1, 0.15) is 0 Å². The molecule has 2 fully saturated rings. The minimum absolute atomic E-state index is 0. The first-order valence-corrected chi connectivity index (χ1v) is 11.2. The molecule has 1 aromatic rings. The largest absolute Gasteiger partial charge is 0.356 e. The molecular formula is C23H40IN5. The van der Waals surface area contributed by atoms with Crippen LogP contribution in [0.2, 0.25) is 0 Å². The van der Waals surface area contributed by atoms with E-state index in [1.807, 2.05) is 7.05 Å². The van der Waals surface area contributed by atoms with Crippen molar-refractivity contribution in [2.24, 2.45) is 10.9 Å². The van der Waals surface area contributed by atoms with Crippen molar-refractivity contribution in [3.8, 4) is 0 Å². The van der Waals surface area contributed by atoms with E-state index in [1.165, 1.54) is 76.0 Å². The second-order valence-electron chi connectivity index (χ2n) is 8.42. The summed E-state index contributed by atoms with van der Waals surface area (Å²) in [5.74, 6) is 1.64. The van der Waals surface area contributed by atoms with Crippen molar-refractivity contribution in [3.05, 3.63) is 35.4 Å². The molecule has 1 atom stereocenters. The second kappa shape index (κ2) is 13.4. The number of rotatable bonds is 8. The number of likely N-dealkylation sites (tertiary alicyclic amines) is 2. The lowest BCUT2D eigenvalue weighted by Crippen LogP contribution is -2.40. The summed E-state index contributed by atoms with van der Waals surface area (Å²) >= 11 is 0. The molecule has 2 aliphatic heterocycles. The lowest BCUT2D eigenvalue weighted by atomic mass is 10.1. The quantitative estimate of drug-likeness (QED) is 0.316. The van der Waals surface area contributed by atoms with Gasteiger partial charge in [0.05, 0.1) is 0 Å². The lowest BCUT2D eigenvalue weighted by molar-refractivity contribution is 0.221. The molecule has 164 valence electrons. The number of guanidine groups is 1. The Labute approximate surface area is 194 Å². The van der Waals surface area contributed by atoms with Gasteiger partial charge in [-0.15, -0.1) is 24.0 Å². The summed E-state index contributed by atoms with van der Waals surface area (Å²) < 4.78 is 0. The Bertz CT molecular complexity index is 598. The number of nitrogens with one attached hydrogen (secondary N) is 2. The Morgan fingerprint density at radius 2 is 1.72 bits per heavy atom. The van der Waals surface area contributed by atoms with Crippen LogP contribution in [0.5, 0.6) is 0 Å². The van der Waals surface area contributed by atoms with Gasteiger partial charge in [-0.3, -0.25) is 9.89 Å². The van der Waals surface area contributed by atoms with Gasteiger partial charge >= 0.3 is 0 Å². The summed E-state index contributed by atoms with van der Waals surface area (Å²) in [4.78, 5) is 9.54. The lowest BCUT2D eigenvalue weighted by Gasteiger charge is -2.26. The molecule has 2 heterocycles. The topological polar surface area (TPSA) is 42.9 Å². The summed E-state index contributed by atoms with van der Waals surface area (Å²) in [5.41, 5.74) is 2.73. The highest BCUT2D eigenvalue weighted by Crippen LogP contribution is 2.15. The van der Waals surface area contributed by atoms with Crippen LogP contribution in [0, 0.1) is 5.92 Å². The molecule has 0 aromatic heterocycles. The van der Waals surface area contributed by atoms with Gasteiger partial charge in [0.2, 0.25) is 0 Å². The predicted octanol–water partition coefficient (Wildman–Crippen LogP) is 3.69. The number of hydrogen-bond donors (Lipinski definition) is 2. The van der Waals surface area contributed by atoms with Crippen LogP contribution in [0.3, 0.4) is 0 Å². The van der Waals surface area contributed by atoms with Crippen molar-refractivity contribution in [3.63, 3.8) is 0 Å². The number of nitrogens with zero attached hydrogens (tertiary/aromatic N) is 3. The van der Waals surface area contributed by atoms with Gasteiger partial charge in [0.15, 0.2) is 5.96 Å². The van der Waals surface area contributed by atoms with E-state index < -0.39 is 0 Å². The first-order chi connectivity index (χ1) is 13.8. The van der Waals surface area contributed by atoms with E-state index in [0.29, 0.717) is 0 Å². The van der Waals surface area contributed by atoms with Crippen LogP contribution in [0.4, 0.5) is 0 Å². The summed E-state index contributed by atoms with van der Waals surface area (Å²) in [6.07, 6.45) is 6.65. The summed E-state index contributed by atoms with van der Waals surface area (Å²) in [6.45, 7) is 11.4. The zero-order chi connectivity index (χ0) is 19.6. The van der Waals surface area contributed by atoms with Crippen LogP contribution in [0.15, 0.2) is 29.3 Å². The highest BCUT2D eigenvalue weighted by Gasteiger charge is 2.21. The third kappa shape index (κ3) is 8.42. The average Bonchev–Trinajstić information content (AvgIpc) is 3.18. The van der Waals surface area contributed by atoms with E-state index in [2.05, 4.69) is 56.6 Å². The van der Waals surface area contributed by atoms with Crippen LogP contribution in [0.1, 0.15) is 50.2 Å². The summed E-state index contributed by atoms with van der Waals surface area (Å²) in [6, 6.07) is 9.06. The third-order valence-electron chi connectivity index (χ3n) is 6.03. The molecule has 2 N–H and O–H groups in total. The molecule has 0 radical (unpaired) electrons. The van der Waals surface area contributed by atoms with Crippen molar-refractivity contribution >= 4 is 29.9 Å². The molecule has 2 saturated heterocycles. The molecule has 0 bridgehead atoms. The van der Waals surface area contributed by atoms with Crippen LogP contribution in [0.25, 0.3) is 0 Å². The Morgan fingerprint density at radius 3 is 2.41 bits per heavy atom. The van der Waals surface area contributed by atoms with E-state index in [9.17, 15) is 0 Å². The summed E-state index contributed by atoms with van der Waals surface area (Å²) in [7, 11) is 1.86. The van der Waals surface area contributed by atoms with Gasteiger partial charge in [-0.05, 0) is 68.9 Å². The summed E-state index contributed by atoms with van der Waals surface area (Å²) in [5, 5.41) is 6.98. The fourth-order valence-electron chi connectivity index (χ4n) is 4.38. The maximum atomic E-state index is 4.39. The Morgan fingerprint density at radius 1 is 1.00 bits per heavy atom. The van der Waals surface area contributed by atoms with Crippen molar-refractivity contribution in [1.29, 1.82) is 0 Å². The van der Waals surface area contributed by atoms with Gasteiger partial charge in [0, 0.05) is 33.2 Å². The minimum atomic E-state index is 0. The van der Waals surface area contributed by atoms with Crippen LogP contribution < -0.4 is 10.6 Å². The van der Waals surface area contributed by atoms with Gasteiger partial charge in [-0.25, -0.2) is 0 Å². The first-order valence-electron chi connectivity index (χ1n) is 11.2. The number of hydrogen-bond acceptors (Lipinski definition) is 3. The van der Waals surface area contributed by atoms with Gasteiger partial charge in [-0.2, -0.15) is 0 Å². The molecule has 5 nitrogen and oxygen atoms in total. The van der Waals surface area contributed by atoms with Crippen LogP contribution in [-0.2, 0) is 13.1 Å². The maximum absolute atomic E-state index is 4.39. The molecule has 0 aliphatic carbocycles. The molecule has 0 amide bonds. The van der Waals surface area contributed by atoms with E-state index in [0.717, 1.165) is 31.5 Å². The second-order valence-corrected chi connectivity index (χ2v) is 8.42. The van der Waals surface area contributed by atoms with Gasteiger partial charge in [0.25, 0.3) is 0 Å². The molecule has 2 aliphatic rings. The van der Waals surface area contributed by atoms with Gasteiger partial charge < -0.3 is 15.5 Å².